The van der Waals surface area contributed by atoms with Crippen LogP contribution in [0.5, 0.6) is 11.5 Å². The Morgan fingerprint density at radius 3 is 1.43 bits per heavy atom. The quantitative estimate of drug-likeness (QED) is 0.142. The number of hydrogen-bond acceptors (Lipinski definition) is 2. The molecule has 2 aliphatic heterocycles. The first-order chi connectivity index (χ1) is 52.8. The molecular formula is C97H78BN3O. The standard InChI is InChI=1S/C97H78BN3O/c1-94(2,3)66-46-51-85-78(54-66)79-55-67(95(4,5)6)47-52-86(79)99(85)69-48-50-81-87(58-69)101(93-76(61-29-14-10-15-30-61)56-68(96(7,8)9)57-77(93)62-31-16-11-17-32-62)88-59-70(100-83-43-26-23-38-73(83)74-39-24-27-44-84(74)100)60-90-92(88)98(81)82-49-45-63(53-89(82)102-90)71-40-28-41-75-72-37-22-25-42-80(72)97(91(71)75,64-33-18-12-19-34-64)65-35-20-13-21-36-65/h10-60H,1-9H3/i23D,24D,26D,27D,38D,39D,43D,44D. The molecule has 1 aliphatic carbocycles. The number of hydrogen-bond donors (Lipinski definition) is 0. The fourth-order valence-corrected chi connectivity index (χ4v) is 17.0. The summed E-state index contributed by atoms with van der Waals surface area (Å²) in [6, 6.07) is 90.8. The SMILES string of the molecule is [2H]c1c([2H])c([2H])c2c(c1[2H])c1c([2H])c([2H])c([2H])c([2H])c1n2-c1cc2c3c(c1)N(c1c(-c4ccccc4)cc(C(C)(C)C)cc1-c1ccccc1)c1cc(-n4c5ccc(C(C)(C)C)cc5c5cc(C(C)(C)C)ccc54)ccc1B3c1ccc(-c3cccc4c3C(c3ccccc3)(c3ccccc3)c3ccccc3-4)cc1O2. The zero-order valence-corrected chi connectivity index (χ0v) is 58.7. The van der Waals surface area contributed by atoms with Crippen LogP contribution in [0.4, 0.5) is 17.1 Å². The van der Waals surface area contributed by atoms with E-state index in [2.05, 4.69) is 314 Å². The summed E-state index contributed by atoms with van der Waals surface area (Å²) in [7, 11) is 0. The fourth-order valence-electron chi connectivity index (χ4n) is 17.0. The predicted molar refractivity (Wildman–Crippen MR) is 431 cm³/mol. The Morgan fingerprint density at radius 2 is 0.853 bits per heavy atom. The van der Waals surface area contributed by atoms with E-state index in [-0.39, 0.29) is 38.1 Å². The molecule has 5 heteroatoms. The predicted octanol–water partition coefficient (Wildman–Crippen LogP) is 23.5. The summed E-state index contributed by atoms with van der Waals surface area (Å²) in [6.07, 6.45) is 0. The molecule has 490 valence electrons. The zero-order chi connectivity index (χ0) is 76.1. The summed E-state index contributed by atoms with van der Waals surface area (Å²) in [5, 5.41) is 2.26. The molecule has 3 aliphatic rings. The molecule has 16 aromatic rings. The first-order valence-corrected chi connectivity index (χ1v) is 35.5. The monoisotopic (exact) mass is 1320 g/mol. The Balaban J connectivity index is 0.966. The summed E-state index contributed by atoms with van der Waals surface area (Å²) < 4.78 is 88.3. The van der Waals surface area contributed by atoms with E-state index in [1.807, 2.05) is 18.2 Å². The van der Waals surface area contributed by atoms with E-state index in [1.54, 1.807) is 4.57 Å². The summed E-state index contributed by atoms with van der Waals surface area (Å²) >= 11 is 0. The van der Waals surface area contributed by atoms with Gasteiger partial charge in [0.1, 0.15) is 11.5 Å². The van der Waals surface area contributed by atoms with Gasteiger partial charge < -0.3 is 18.8 Å². The van der Waals surface area contributed by atoms with Crippen LogP contribution in [0.2, 0.25) is 0 Å². The molecular weight excluding hydrogens is 1230 g/mol. The number of aromatic nitrogens is 2. The Labute approximate surface area is 609 Å². The van der Waals surface area contributed by atoms with Gasteiger partial charge in [-0.2, -0.15) is 0 Å². The maximum absolute atomic E-state index is 9.97. The second-order valence-electron chi connectivity index (χ2n) is 31.0. The highest BCUT2D eigenvalue weighted by Crippen LogP contribution is 2.60. The fraction of sp³-hybridized carbons (Fsp3) is 0.134. The van der Waals surface area contributed by atoms with Gasteiger partial charge in [0.05, 0.1) is 49.8 Å². The molecule has 0 fully saturated rings. The van der Waals surface area contributed by atoms with Crippen LogP contribution in [0.15, 0.2) is 309 Å². The third-order valence-corrected chi connectivity index (χ3v) is 21.9. The van der Waals surface area contributed by atoms with Crippen LogP contribution in [0.1, 0.15) is 112 Å². The Bertz CT molecular complexity index is 6360. The average Bonchev–Trinajstić information content (AvgIpc) is 1.35. The summed E-state index contributed by atoms with van der Waals surface area (Å²) in [5.41, 5.74) is 23.5. The van der Waals surface area contributed by atoms with Crippen LogP contribution < -0.4 is 26.0 Å². The van der Waals surface area contributed by atoms with E-state index in [0.717, 1.165) is 122 Å². The van der Waals surface area contributed by atoms with Crippen molar-refractivity contribution in [1.82, 2.24) is 9.13 Å². The van der Waals surface area contributed by atoms with Crippen LogP contribution >= 0.6 is 0 Å². The normalized spacial score (nSPS) is 14.8. The van der Waals surface area contributed by atoms with Gasteiger partial charge in [-0.1, -0.05) is 293 Å². The Hall–Kier alpha value is -11.7. The van der Waals surface area contributed by atoms with Crippen molar-refractivity contribution in [3.05, 3.63) is 348 Å². The number of rotatable bonds is 8. The molecule has 19 rings (SSSR count). The van der Waals surface area contributed by atoms with Gasteiger partial charge in [0.15, 0.2) is 0 Å². The smallest absolute Gasteiger partial charge is 0.256 e. The number of fused-ring (bicyclic) bond motifs is 13. The van der Waals surface area contributed by atoms with Crippen molar-refractivity contribution in [2.45, 2.75) is 84.0 Å². The van der Waals surface area contributed by atoms with Gasteiger partial charge in [-0.25, -0.2) is 0 Å². The van der Waals surface area contributed by atoms with Crippen molar-refractivity contribution < 1.29 is 15.7 Å². The number of benzene rings is 14. The van der Waals surface area contributed by atoms with E-state index in [4.69, 9.17) is 7.48 Å². The zero-order valence-electron chi connectivity index (χ0n) is 66.7. The van der Waals surface area contributed by atoms with Gasteiger partial charge in [0, 0.05) is 55.8 Å². The van der Waals surface area contributed by atoms with Crippen molar-refractivity contribution in [3.8, 4) is 67.4 Å². The lowest BCUT2D eigenvalue weighted by Crippen LogP contribution is -2.59. The molecule has 0 unspecified atom stereocenters. The van der Waals surface area contributed by atoms with Crippen molar-refractivity contribution in [2.24, 2.45) is 0 Å². The molecule has 0 bridgehead atoms. The number of anilines is 3. The number of para-hydroxylation sites is 2. The lowest BCUT2D eigenvalue weighted by atomic mass is 9.34. The van der Waals surface area contributed by atoms with E-state index < -0.39 is 60.5 Å². The molecule has 0 amide bonds. The minimum absolute atomic E-state index is 0.00423. The molecule has 4 heterocycles. The van der Waals surface area contributed by atoms with E-state index in [0.29, 0.717) is 22.9 Å². The van der Waals surface area contributed by atoms with Crippen molar-refractivity contribution in [2.75, 3.05) is 4.90 Å². The van der Waals surface area contributed by atoms with Crippen LogP contribution in [-0.4, -0.2) is 15.8 Å². The maximum Gasteiger partial charge on any atom is 0.256 e. The van der Waals surface area contributed by atoms with Crippen LogP contribution in [-0.2, 0) is 21.7 Å². The largest absolute Gasteiger partial charge is 0.458 e. The molecule has 0 radical (unpaired) electrons. The van der Waals surface area contributed by atoms with Gasteiger partial charge in [-0.3, -0.25) is 0 Å². The lowest BCUT2D eigenvalue weighted by molar-refractivity contribution is 0.487. The second-order valence-corrected chi connectivity index (χ2v) is 31.0. The minimum atomic E-state index is -0.739. The number of ether oxygens (including phenoxy) is 1. The highest BCUT2D eigenvalue weighted by Gasteiger charge is 2.49. The van der Waals surface area contributed by atoms with E-state index in [9.17, 15) is 8.22 Å². The second kappa shape index (κ2) is 22.7. The molecule has 0 N–H and O–H groups in total. The summed E-state index contributed by atoms with van der Waals surface area (Å²) in [4.78, 5) is 2.40. The van der Waals surface area contributed by atoms with Crippen molar-refractivity contribution in [3.63, 3.8) is 0 Å². The molecule has 2 aromatic heterocycles. The third kappa shape index (κ3) is 9.29. The molecule has 102 heavy (non-hydrogen) atoms. The average molecular weight is 1320 g/mol. The molecule has 0 saturated carbocycles. The molecule has 0 atom stereocenters. The highest BCUT2D eigenvalue weighted by atomic mass is 16.5. The first-order valence-electron chi connectivity index (χ1n) is 39.5. The lowest BCUT2D eigenvalue weighted by Gasteiger charge is -2.42. The first kappa shape index (κ1) is 53.3. The van der Waals surface area contributed by atoms with Crippen molar-refractivity contribution in [1.29, 1.82) is 0 Å². The van der Waals surface area contributed by atoms with Gasteiger partial charge in [-0.15, -0.1) is 0 Å². The third-order valence-electron chi connectivity index (χ3n) is 21.9. The number of nitrogens with zero attached hydrogens (tertiary/aromatic N) is 3. The Morgan fingerprint density at radius 1 is 0.353 bits per heavy atom. The maximum atomic E-state index is 9.97. The summed E-state index contributed by atoms with van der Waals surface area (Å²) in [6.45, 7) is 19.8. The minimum Gasteiger partial charge on any atom is -0.458 e. The van der Waals surface area contributed by atoms with E-state index in [1.165, 1.54) is 16.7 Å². The topological polar surface area (TPSA) is 22.3 Å². The van der Waals surface area contributed by atoms with Gasteiger partial charge in [0.25, 0.3) is 6.71 Å². The molecule has 14 aromatic carbocycles. The molecule has 0 saturated heterocycles. The van der Waals surface area contributed by atoms with Crippen molar-refractivity contribution >= 4 is 83.8 Å². The van der Waals surface area contributed by atoms with Gasteiger partial charge in [-0.05, 0) is 178 Å². The highest BCUT2D eigenvalue weighted by molar-refractivity contribution is 6.99. The van der Waals surface area contributed by atoms with Crippen LogP contribution in [0.25, 0.3) is 99.5 Å². The van der Waals surface area contributed by atoms with Gasteiger partial charge >= 0.3 is 0 Å². The molecule has 0 spiro atoms. The Kier molecular flexibility index (Phi) is 11.8. The van der Waals surface area contributed by atoms with Gasteiger partial charge in [0.2, 0.25) is 0 Å². The molecule has 4 nitrogen and oxygen atoms in total. The van der Waals surface area contributed by atoms with E-state index >= 15 is 0 Å². The van der Waals surface area contributed by atoms with Crippen LogP contribution in [0, 0.1) is 0 Å². The summed E-state index contributed by atoms with van der Waals surface area (Å²) in [5.74, 6) is 1.06. The van der Waals surface area contributed by atoms with Crippen LogP contribution in [0.3, 0.4) is 0 Å².